The van der Waals surface area contributed by atoms with Crippen molar-refractivity contribution in [3.8, 4) is 0 Å². The predicted octanol–water partition coefficient (Wildman–Crippen LogP) is 1.46. The molecule has 0 aliphatic carbocycles. The van der Waals surface area contributed by atoms with Crippen LogP contribution in [-0.4, -0.2) is 49.4 Å². The van der Waals surface area contributed by atoms with Gasteiger partial charge in [-0.05, 0) is 25.5 Å². The predicted molar refractivity (Wildman–Crippen MR) is 82.6 cm³/mol. The highest BCUT2D eigenvalue weighted by Gasteiger charge is 2.36. The number of aryl methyl sites for hydroxylation is 1. The minimum atomic E-state index is -3.34. The Morgan fingerprint density at radius 1 is 1.30 bits per heavy atom. The summed E-state index contributed by atoms with van der Waals surface area (Å²) in [5, 5.41) is 3.88. The summed E-state index contributed by atoms with van der Waals surface area (Å²) in [4.78, 5) is 0.412. The number of piperidine rings is 1. The van der Waals surface area contributed by atoms with E-state index in [1.807, 2.05) is 30.8 Å². The number of hydrogen-bond acceptors (Lipinski definition) is 4. The van der Waals surface area contributed by atoms with Crippen LogP contribution in [0.15, 0.2) is 29.2 Å². The van der Waals surface area contributed by atoms with E-state index in [2.05, 4.69) is 5.32 Å². The molecule has 2 aliphatic rings. The first-order chi connectivity index (χ1) is 9.57. The number of hydrogen-bond donors (Lipinski definition) is 1. The first-order valence-electron chi connectivity index (χ1n) is 6.99. The Balaban J connectivity index is 1.79. The minimum absolute atomic E-state index is 0.387. The standard InChI is InChI=1S/C14H20N2O2S2/c1-11-2-4-12(5-3-11)20(17,18)16-8-6-13-14(10-16)19-9-7-15-13/h2-5,13-15H,6-10H2,1H3/t13-,14+/m1/s1. The van der Waals surface area contributed by atoms with Crippen molar-refractivity contribution in [2.24, 2.45) is 0 Å². The van der Waals surface area contributed by atoms with Crippen molar-refractivity contribution in [3.05, 3.63) is 29.8 Å². The first-order valence-corrected chi connectivity index (χ1v) is 9.48. The zero-order valence-electron chi connectivity index (χ0n) is 11.6. The molecule has 110 valence electrons. The van der Waals surface area contributed by atoms with Crippen LogP contribution in [-0.2, 0) is 10.0 Å². The highest BCUT2D eigenvalue weighted by Crippen LogP contribution is 2.29. The van der Waals surface area contributed by atoms with Crippen LogP contribution in [0.5, 0.6) is 0 Å². The van der Waals surface area contributed by atoms with Gasteiger partial charge >= 0.3 is 0 Å². The zero-order chi connectivity index (χ0) is 14.2. The zero-order valence-corrected chi connectivity index (χ0v) is 13.2. The number of nitrogens with zero attached hydrogens (tertiary/aromatic N) is 1. The molecule has 2 heterocycles. The van der Waals surface area contributed by atoms with Gasteiger partial charge < -0.3 is 5.32 Å². The molecular formula is C14H20N2O2S2. The van der Waals surface area contributed by atoms with Crippen LogP contribution < -0.4 is 5.32 Å². The van der Waals surface area contributed by atoms with Crippen molar-refractivity contribution in [2.45, 2.75) is 29.5 Å². The molecule has 2 aliphatic heterocycles. The Labute approximate surface area is 125 Å². The lowest BCUT2D eigenvalue weighted by atomic mass is 10.1. The van der Waals surface area contributed by atoms with Gasteiger partial charge in [-0.25, -0.2) is 8.42 Å². The molecule has 3 rings (SSSR count). The molecule has 2 fully saturated rings. The van der Waals surface area contributed by atoms with Crippen LogP contribution in [0.1, 0.15) is 12.0 Å². The van der Waals surface area contributed by atoms with E-state index in [0.717, 1.165) is 24.3 Å². The maximum Gasteiger partial charge on any atom is 0.243 e. The highest BCUT2D eigenvalue weighted by atomic mass is 32.2. The summed E-state index contributed by atoms with van der Waals surface area (Å²) in [6.07, 6.45) is 0.906. The molecule has 4 nitrogen and oxygen atoms in total. The SMILES string of the molecule is Cc1ccc(S(=O)(=O)N2CC[C@H]3NCCS[C@H]3C2)cc1. The van der Waals surface area contributed by atoms with Gasteiger partial charge in [0.15, 0.2) is 0 Å². The number of fused-ring (bicyclic) bond motifs is 1. The van der Waals surface area contributed by atoms with Gasteiger partial charge in [-0.3, -0.25) is 0 Å². The lowest BCUT2D eigenvalue weighted by Gasteiger charge is -2.40. The maximum absolute atomic E-state index is 12.7. The second-order valence-corrected chi connectivity index (χ2v) is 8.72. The van der Waals surface area contributed by atoms with Gasteiger partial charge in [-0.15, -0.1) is 0 Å². The molecule has 0 bridgehead atoms. The van der Waals surface area contributed by atoms with E-state index in [0.29, 0.717) is 29.3 Å². The number of benzene rings is 1. The Kier molecular flexibility index (Phi) is 4.08. The maximum atomic E-state index is 12.7. The highest BCUT2D eigenvalue weighted by molar-refractivity contribution is 8.00. The molecule has 1 N–H and O–H groups in total. The monoisotopic (exact) mass is 312 g/mol. The third kappa shape index (κ3) is 2.74. The van der Waals surface area contributed by atoms with Crippen molar-refractivity contribution < 1.29 is 8.42 Å². The van der Waals surface area contributed by atoms with E-state index < -0.39 is 10.0 Å². The quantitative estimate of drug-likeness (QED) is 0.898. The Bertz CT molecular complexity index is 571. The molecule has 0 radical (unpaired) electrons. The van der Waals surface area contributed by atoms with Crippen molar-refractivity contribution in [1.82, 2.24) is 9.62 Å². The van der Waals surface area contributed by atoms with E-state index in [-0.39, 0.29) is 0 Å². The number of thioether (sulfide) groups is 1. The summed E-state index contributed by atoms with van der Waals surface area (Å²) in [7, 11) is -3.34. The van der Waals surface area contributed by atoms with Gasteiger partial charge in [0.05, 0.1) is 4.90 Å². The molecule has 0 amide bonds. The van der Waals surface area contributed by atoms with Crippen molar-refractivity contribution in [1.29, 1.82) is 0 Å². The molecule has 2 saturated heterocycles. The minimum Gasteiger partial charge on any atom is -0.312 e. The van der Waals surface area contributed by atoms with Crippen LogP contribution >= 0.6 is 11.8 Å². The largest absolute Gasteiger partial charge is 0.312 e. The fraction of sp³-hybridized carbons (Fsp3) is 0.571. The Morgan fingerprint density at radius 3 is 2.80 bits per heavy atom. The van der Waals surface area contributed by atoms with Gasteiger partial charge in [0.1, 0.15) is 0 Å². The summed E-state index contributed by atoms with van der Waals surface area (Å²) in [6.45, 7) is 4.24. The fourth-order valence-corrected chi connectivity index (χ4v) is 5.69. The average molecular weight is 312 g/mol. The van der Waals surface area contributed by atoms with E-state index in [1.165, 1.54) is 0 Å². The topological polar surface area (TPSA) is 49.4 Å². The number of sulfonamides is 1. The van der Waals surface area contributed by atoms with E-state index in [1.54, 1.807) is 16.4 Å². The van der Waals surface area contributed by atoms with Gasteiger partial charge in [0.2, 0.25) is 10.0 Å². The third-order valence-electron chi connectivity index (χ3n) is 4.02. The molecular weight excluding hydrogens is 292 g/mol. The lowest BCUT2D eigenvalue weighted by molar-refractivity contribution is 0.296. The summed E-state index contributed by atoms with van der Waals surface area (Å²) in [5.74, 6) is 1.07. The lowest BCUT2D eigenvalue weighted by Crippen LogP contribution is -2.55. The molecule has 2 atom stereocenters. The molecule has 1 aromatic carbocycles. The molecule has 0 unspecified atom stereocenters. The van der Waals surface area contributed by atoms with E-state index >= 15 is 0 Å². The Hall–Kier alpha value is -0.560. The normalized spacial score (nSPS) is 28.1. The molecule has 0 aromatic heterocycles. The van der Waals surface area contributed by atoms with Crippen molar-refractivity contribution in [3.63, 3.8) is 0 Å². The van der Waals surface area contributed by atoms with Crippen LogP contribution in [0.25, 0.3) is 0 Å². The molecule has 20 heavy (non-hydrogen) atoms. The van der Waals surface area contributed by atoms with E-state index in [4.69, 9.17) is 0 Å². The molecule has 0 saturated carbocycles. The van der Waals surface area contributed by atoms with E-state index in [9.17, 15) is 8.42 Å². The second-order valence-electron chi connectivity index (χ2n) is 5.43. The summed E-state index contributed by atoms with van der Waals surface area (Å²) >= 11 is 1.90. The summed E-state index contributed by atoms with van der Waals surface area (Å²) in [6, 6.07) is 7.61. The summed E-state index contributed by atoms with van der Waals surface area (Å²) in [5.41, 5.74) is 1.08. The van der Waals surface area contributed by atoms with Crippen LogP contribution in [0.2, 0.25) is 0 Å². The van der Waals surface area contributed by atoms with Crippen LogP contribution in [0.4, 0.5) is 0 Å². The first kappa shape index (κ1) is 14.4. The number of nitrogens with one attached hydrogen (secondary N) is 1. The van der Waals surface area contributed by atoms with Crippen LogP contribution in [0, 0.1) is 6.92 Å². The van der Waals surface area contributed by atoms with Gasteiger partial charge in [0.25, 0.3) is 0 Å². The van der Waals surface area contributed by atoms with Gasteiger partial charge in [-0.2, -0.15) is 16.1 Å². The number of rotatable bonds is 2. The third-order valence-corrected chi connectivity index (χ3v) is 7.25. The average Bonchev–Trinajstić information content (AvgIpc) is 2.47. The molecule has 1 aromatic rings. The fourth-order valence-electron chi connectivity index (χ4n) is 2.82. The second kappa shape index (κ2) is 5.67. The summed E-state index contributed by atoms with van der Waals surface area (Å²) < 4.78 is 27.0. The van der Waals surface area contributed by atoms with Gasteiger partial charge in [0, 0.05) is 36.7 Å². The van der Waals surface area contributed by atoms with Crippen molar-refractivity contribution >= 4 is 21.8 Å². The smallest absolute Gasteiger partial charge is 0.243 e. The molecule has 0 spiro atoms. The van der Waals surface area contributed by atoms with Crippen LogP contribution in [0.3, 0.4) is 0 Å². The van der Waals surface area contributed by atoms with Crippen molar-refractivity contribution in [2.75, 3.05) is 25.4 Å². The molecule has 6 heteroatoms. The van der Waals surface area contributed by atoms with Gasteiger partial charge in [-0.1, -0.05) is 17.7 Å². The Morgan fingerprint density at radius 2 is 2.05 bits per heavy atom.